The first-order chi connectivity index (χ1) is 14.2. The molecule has 7 nitrogen and oxygen atoms in total. The number of carbonyl (C=O) groups excluding carboxylic acids is 1. The maximum absolute atomic E-state index is 13.3. The van der Waals surface area contributed by atoms with E-state index in [1.165, 1.54) is 5.56 Å². The standard InChI is InChI=1S/C22H20N6O/c1-15-13-27(22(29)17-8-5-9-18-21(17)24-11-10-23-18)14-20-26-25-19(28(15)20)12-16-6-3-2-4-7-16/h2-11,15H,12-14H2,1H3/t15-/m0/s1. The Morgan fingerprint density at radius 2 is 1.86 bits per heavy atom. The lowest BCUT2D eigenvalue weighted by Crippen LogP contribution is -2.41. The minimum atomic E-state index is -0.0539. The van der Waals surface area contributed by atoms with E-state index in [0.717, 1.165) is 23.6 Å². The molecule has 1 atom stereocenters. The van der Waals surface area contributed by atoms with Crippen LogP contribution in [0.25, 0.3) is 11.0 Å². The second kappa shape index (κ2) is 7.09. The van der Waals surface area contributed by atoms with Crippen LogP contribution in [0.1, 0.15) is 40.5 Å². The van der Waals surface area contributed by atoms with Crippen LogP contribution in [-0.2, 0) is 13.0 Å². The normalized spacial score (nSPS) is 16.0. The number of hydrogen-bond donors (Lipinski definition) is 0. The highest BCUT2D eigenvalue weighted by atomic mass is 16.2. The van der Waals surface area contributed by atoms with Gasteiger partial charge in [-0.1, -0.05) is 36.4 Å². The molecule has 1 aliphatic rings. The van der Waals surface area contributed by atoms with E-state index >= 15 is 0 Å². The summed E-state index contributed by atoms with van der Waals surface area (Å²) in [6.07, 6.45) is 3.98. The molecule has 3 heterocycles. The summed E-state index contributed by atoms with van der Waals surface area (Å²) < 4.78 is 2.17. The van der Waals surface area contributed by atoms with Gasteiger partial charge in [-0.25, -0.2) is 0 Å². The molecule has 0 fully saturated rings. The van der Waals surface area contributed by atoms with E-state index < -0.39 is 0 Å². The van der Waals surface area contributed by atoms with E-state index in [0.29, 0.717) is 24.2 Å². The fourth-order valence-corrected chi connectivity index (χ4v) is 4.00. The summed E-state index contributed by atoms with van der Waals surface area (Å²) in [5.74, 6) is 1.69. The topological polar surface area (TPSA) is 76.8 Å². The van der Waals surface area contributed by atoms with E-state index in [4.69, 9.17) is 0 Å². The molecule has 2 aromatic carbocycles. The lowest BCUT2D eigenvalue weighted by atomic mass is 10.1. The van der Waals surface area contributed by atoms with Crippen LogP contribution in [0.3, 0.4) is 0 Å². The summed E-state index contributed by atoms with van der Waals surface area (Å²) >= 11 is 0. The Kier molecular flexibility index (Phi) is 4.27. The molecule has 0 unspecified atom stereocenters. The molecule has 7 heteroatoms. The second-order valence-corrected chi connectivity index (χ2v) is 7.33. The van der Waals surface area contributed by atoms with Gasteiger partial charge in [-0.3, -0.25) is 14.8 Å². The minimum absolute atomic E-state index is 0.0539. The lowest BCUT2D eigenvalue weighted by Gasteiger charge is -2.32. The number of benzene rings is 2. The van der Waals surface area contributed by atoms with Crippen molar-refractivity contribution in [2.45, 2.75) is 25.9 Å². The quantitative estimate of drug-likeness (QED) is 0.543. The van der Waals surface area contributed by atoms with E-state index in [1.54, 1.807) is 12.4 Å². The number of nitrogens with zero attached hydrogens (tertiary/aromatic N) is 6. The molecule has 0 N–H and O–H groups in total. The summed E-state index contributed by atoms with van der Waals surface area (Å²) in [6, 6.07) is 15.9. The third kappa shape index (κ3) is 3.14. The first-order valence-corrected chi connectivity index (χ1v) is 9.66. The largest absolute Gasteiger partial charge is 0.329 e. The monoisotopic (exact) mass is 384 g/mol. The van der Waals surface area contributed by atoms with Gasteiger partial charge in [-0.2, -0.15) is 0 Å². The Balaban J connectivity index is 1.44. The lowest BCUT2D eigenvalue weighted by molar-refractivity contribution is 0.0681. The van der Waals surface area contributed by atoms with Crippen molar-refractivity contribution in [2.24, 2.45) is 0 Å². The molecule has 0 spiro atoms. The zero-order valence-corrected chi connectivity index (χ0v) is 16.1. The maximum atomic E-state index is 13.3. The number of rotatable bonds is 3. The summed E-state index contributed by atoms with van der Waals surface area (Å²) in [7, 11) is 0. The van der Waals surface area contributed by atoms with Gasteiger partial charge in [0.2, 0.25) is 0 Å². The van der Waals surface area contributed by atoms with Crippen molar-refractivity contribution in [2.75, 3.05) is 6.54 Å². The molecule has 0 saturated heterocycles. The van der Waals surface area contributed by atoms with Crippen LogP contribution in [0.15, 0.2) is 60.9 Å². The van der Waals surface area contributed by atoms with E-state index in [9.17, 15) is 4.79 Å². The van der Waals surface area contributed by atoms with Gasteiger partial charge >= 0.3 is 0 Å². The summed E-state index contributed by atoms with van der Waals surface area (Å²) in [4.78, 5) is 23.8. The number of para-hydroxylation sites is 1. The number of hydrogen-bond acceptors (Lipinski definition) is 5. The Morgan fingerprint density at radius 1 is 1.03 bits per heavy atom. The number of fused-ring (bicyclic) bond motifs is 2. The van der Waals surface area contributed by atoms with Crippen LogP contribution in [0.2, 0.25) is 0 Å². The van der Waals surface area contributed by atoms with Gasteiger partial charge in [-0.15, -0.1) is 10.2 Å². The summed E-state index contributed by atoms with van der Waals surface area (Å²) in [5, 5.41) is 8.80. The summed E-state index contributed by atoms with van der Waals surface area (Å²) in [5.41, 5.74) is 3.11. The second-order valence-electron chi connectivity index (χ2n) is 7.33. The molecule has 144 valence electrons. The van der Waals surface area contributed by atoms with Gasteiger partial charge in [0.15, 0.2) is 5.82 Å². The average Bonchev–Trinajstić information content (AvgIpc) is 3.16. The number of aromatic nitrogens is 5. The zero-order chi connectivity index (χ0) is 19.8. The molecule has 0 radical (unpaired) electrons. The first kappa shape index (κ1) is 17.5. The molecule has 29 heavy (non-hydrogen) atoms. The fraction of sp³-hybridized carbons (Fsp3) is 0.227. The van der Waals surface area contributed by atoms with Crippen LogP contribution in [0, 0.1) is 0 Å². The predicted octanol–water partition coefficient (Wildman–Crippen LogP) is 3.03. The Bertz CT molecular complexity index is 1180. The highest BCUT2D eigenvalue weighted by molar-refractivity contribution is 6.04. The molecule has 0 aliphatic carbocycles. The van der Waals surface area contributed by atoms with Gasteiger partial charge in [-0.05, 0) is 24.6 Å². The highest BCUT2D eigenvalue weighted by Crippen LogP contribution is 2.25. The highest BCUT2D eigenvalue weighted by Gasteiger charge is 2.30. The van der Waals surface area contributed by atoms with E-state index in [-0.39, 0.29) is 11.9 Å². The Labute approximate surface area is 168 Å². The molecule has 0 bridgehead atoms. The molecular formula is C22H20N6O. The van der Waals surface area contributed by atoms with Gasteiger partial charge in [0.05, 0.1) is 23.7 Å². The SMILES string of the molecule is C[C@H]1CN(C(=O)c2cccc3nccnc23)Cc2nnc(Cc3ccccc3)n21. The maximum Gasteiger partial charge on any atom is 0.256 e. The van der Waals surface area contributed by atoms with Crippen molar-refractivity contribution >= 4 is 16.9 Å². The van der Waals surface area contributed by atoms with Crippen molar-refractivity contribution in [3.05, 3.63) is 83.7 Å². The van der Waals surface area contributed by atoms with Crippen molar-refractivity contribution < 1.29 is 4.79 Å². The summed E-state index contributed by atoms with van der Waals surface area (Å²) in [6.45, 7) is 3.13. The van der Waals surface area contributed by atoms with Crippen LogP contribution in [-0.4, -0.2) is 42.1 Å². The molecule has 2 aromatic heterocycles. The molecule has 1 amide bonds. The Hall–Kier alpha value is -3.61. The Morgan fingerprint density at radius 3 is 2.72 bits per heavy atom. The predicted molar refractivity (Wildman–Crippen MR) is 108 cm³/mol. The van der Waals surface area contributed by atoms with E-state index in [2.05, 4.69) is 43.8 Å². The molecule has 0 saturated carbocycles. The van der Waals surface area contributed by atoms with Crippen LogP contribution < -0.4 is 0 Å². The molecule has 1 aliphatic heterocycles. The zero-order valence-electron chi connectivity index (χ0n) is 16.1. The van der Waals surface area contributed by atoms with Gasteiger partial charge < -0.3 is 9.47 Å². The van der Waals surface area contributed by atoms with Crippen molar-refractivity contribution in [3.63, 3.8) is 0 Å². The third-order valence-electron chi connectivity index (χ3n) is 5.32. The molecule has 5 rings (SSSR count). The minimum Gasteiger partial charge on any atom is -0.329 e. The van der Waals surface area contributed by atoms with Crippen LogP contribution >= 0.6 is 0 Å². The average molecular weight is 384 g/mol. The van der Waals surface area contributed by atoms with Gasteiger partial charge in [0.1, 0.15) is 11.3 Å². The third-order valence-corrected chi connectivity index (χ3v) is 5.32. The van der Waals surface area contributed by atoms with Crippen molar-refractivity contribution in [3.8, 4) is 0 Å². The van der Waals surface area contributed by atoms with Crippen molar-refractivity contribution in [1.82, 2.24) is 29.6 Å². The van der Waals surface area contributed by atoms with Gasteiger partial charge in [0, 0.05) is 25.4 Å². The molecule has 4 aromatic rings. The smallest absolute Gasteiger partial charge is 0.256 e. The fourth-order valence-electron chi connectivity index (χ4n) is 4.00. The number of carbonyl (C=O) groups is 1. The van der Waals surface area contributed by atoms with E-state index in [1.807, 2.05) is 41.3 Å². The van der Waals surface area contributed by atoms with Crippen LogP contribution in [0.4, 0.5) is 0 Å². The van der Waals surface area contributed by atoms with Crippen molar-refractivity contribution in [1.29, 1.82) is 0 Å². The number of amides is 1. The van der Waals surface area contributed by atoms with Gasteiger partial charge in [0.25, 0.3) is 5.91 Å². The molecular weight excluding hydrogens is 364 g/mol. The van der Waals surface area contributed by atoms with Crippen LogP contribution in [0.5, 0.6) is 0 Å². The first-order valence-electron chi connectivity index (χ1n) is 9.66.